The minimum absolute atomic E-state index is 0.232. The fourth-order valence-corrected chi connectivity index (χ4v) is 2.42. The van der Waals surface area contributed by atoms with Gasteiger partial charge in [-0.1, -0.05) is 29.0 Å². The van der Waals surface area contributed by atoms with Gasteiger partial charge in [-0.25, -0.2) is 0 Å². The fourth-order valence-electron chi connectivity index (χ4n) is 1.41. The first kappa shape index (κ1) is 15.0. The third-order valence-electron chi connectivity index (χ3n) is 2.42. The largest absolute Gasteiger partial charge is 0.492 e. The molecule has 8 heteroatoms. The second-order valence-corrected chi connectivity index (χ2v) is 5.89. The highest BCUT2D eigenvalue weighted by molar-refractivity contribution is 7.17. The van der Waals surface area contributed by atoms with Gasteiger partial charge in [-0.2, -0.15) is 0 Å². The van der Waals surface area contributed by atoms with E-state index in [0.717, 1.165) is 11.3 Å². The van der Waals surface area contributed by atoms with Crippen LogP contribution in [0.3, 0.4) is 0 Å². The van der Waals surface area contributed by atoms with E-state index in [1.54, 1.807) is 31.3 Å². The monoisotopic (exact) mass is 331 g/mol. The normalized spacial score (nSPS) is 10.3. The van der Waals surface area contributed by atoms with Crippen LogP contribution in [-0.4, -0.2) is 41.2 Å². The molecule has 0 unspecified atom stereocenters. The molecule has 0 bridgehead atoms. The summed E-state index contributed by atoms with van der Waals surface area (Å²) in [5.74, 6) is 0.432. The van der Waals surface area contributed by atoms with Gasteiger partial charge in [0.2, 0.25) is 9.47 Å². The Morgan fingerprint density at radius 3 is 2.85 bits per heavy atom. The van der Waals surface area contributed by atoms with Crippen molar-refractivity contribution in [2.24, 2.45) is 0 Å². The molecule has 0 atom stereocenters. The van der Waals surface area contributed by atoms with E-state index >= 15 is 0 Å². The number of hydrogen-bond donors (Lipinski definition) is 0. The summed E-state index contributed by atoms with van der Waals surface area (Å²) in [6, 6.07) is 7.09. The lowest BCUT2D eigenvalue weighted by Crippen LogP contribution is -2.30. The summed E-state index contributed by atoms with van der Waals surface area (Å²) in [5.41, 5.74) is 0. The van der Waals surface area contributed by atoms with Crippen molar-refractivity contribution in [1.82, 2.24) is 15.1 Å². The SMILES string of the molecule is CN(CCOc1cccc(Cl)c1)C(=O)c1nnc(Cl)s1. The lowest BCUT2D eigenvalue weighted by Gasteiger charge is -2.15. The third-order valence-corrected chi connectivity index (χ3v) is 3.66. The molecule has 0 radical (unpaired) electrons. The van der Waals surface area contributed by atoms with Crippen LogP contribution in [0.5, 0.6) is 5.75 Å². The highest BCUT2D eigenvalue weighted by Gasteiger charge is 2.16. The van der Waals surface area contributed by atoms with Crippen molar-refractivity contribution in [1.29, 1.82) is 0 Å². The van der Waals surface area contributed by atoms with E-state index in [1.807, 2.05) is 0 Å². The third kappa shape index (κ3) is 4.06. The molecule has 1 amide bonds. The molecule has 0 fully saturated rings. The minimum atomic E-state index is -0.232. The summed E-state index contributed by atoms with van der Waals surface area (Å²) in [4.78, 5) is 13.5. The second-order valence-electron chi connectivity index (χ2n) is 3.89. The van der Waals surface area contributed by atoms with Crippen molar-refractivity contribution >= 4 is 40.4 Å². The first-order valence-electron chi connectivity index (χ1n) is 5.69. The number of nitrogens with zero attached hydrogens (tertiary/aromatic N) is 3. The number of carbonyl (C=O) groups is 1. The van der Waals surface area contributed by atoms with Gasteiger partial charge in [-0.3, -0.25) is 4.79 Å². The van der Waals surface area contributed by atoms with Crippen LogP contribution in [0, 0.1) is 0 Å². The predicted octanol–water partition coefficient (Wildman–Crippen LogP) is 3.00. The number of benzene rings is 1. The van der Waals surface area contributed by atoms with E-state index in [1.165, 1.54) is 4.90 Å². The summed E-state index contributed by atoms with van der Waals surface area (Å²) < 4.78 is 5.76. The lowest BCUT2D eigenvalue weighted by atomic mass is 10.3. The molecule has 1 heterocycles. The maximum Gasteiger partial charge on any atom is 0.284 e. The molecule has 5 nitrogen and oxygen atoms in total. The first-order valence-corrected chi connectivity index (χ1v) is 7.26. The summed E-state index contributed by atoms with van der Waals surface area (Å²) in [6.07, 6.45) is 0. The lowest BCUT2D eigenvalue weighted by molar-refractivity contribution is 0.0772. The Hall–Kier alpha value is -1.37. The van der Waals surface area contributed by atoms with Crippen molar-refractivity contribution in [3.05, 3.63) is 38.8 Å². The van der Waals surface area contributed by atoms with Crippen molar-refractivity contribution < 1.29 is 9.53 Å². The van der Waals surface area contributed by atoms with Gasteiger partial charge >= 0.3 is 0 Å². The quantitative estimate of drug-likeness (QED) is 0.845. The molecule has 0 aliphatic rings. The highest BCUT2D eigenvalue weighted by atomic mass is 35.5. The topological polar surface area (TPSA) is 55.3 Å². The molecule has 106 valence electrons. The van der Waals surface area contributed by atoms with Crippen LogP contribution >= 0.6 is 34.5 Å². The molecule has 0 saturated heterocycles. The average molecular weight is 332 g/mol. The van der Waals surface area contributed by atoms with Gasteiger partial charge in [0.1, 0.15) is 12.4 Å². The first-order chi connectivity index (χ1) is 9.56. The molecule has 0 spiro atoms. The number of halogens is 2. The van der Waals surface area contributed by atoms with Crippen molar-refractivity contribution in [2.45, 2.75) is 0 Å². The van der Waals surface area contributed by atoms with Crippen LogP contribution in [-0.2, 0) is 0 Å². The predicted molar refractivity (Wildman–Crippen MR) is 78.8 cm³/mol. The maximum absolute atomic E-state index is 12.0. The molecule has 1 aromatic carbocycles. The van der Waals surface area contributed by atoms with E-state index in [4.69, 9.17) is 27.9 Å². The smallest absolute Gasteiger partial charge is 0.284 e. The Balaban J connectivity index is 1.83. The number of likely N-dealkylation sites (N-methyl/N-ethyl adjacent to an activating group) is 1. The van der Waals surface area contributed by atoms with Crippen LogP contribution < -0.4 is 4.74 Å². The van der Waals surface area contributed by atoms with E-state index < -0.39 is 0 Å². The summed E-state index contributed by atoms with van der Waals surface area (Å²) in [5, 5.41) is 8.17. The molecule has 20 heavy (non-hydrogen) atoms. The number of rotatable bonds is 5. The van der Waals surface area contributed by atoms with Crippen LogP contribution in [0.2, 0.25) is 9.49 Å². The van der Waals surface area contributed by atoms with Crippen molar-refractivity contribution in [3.8, 4) is 5.75 Å². The van der Waals surface area contributed by atoms with E-state index in [9.17, 15) is 4.79 Å². The van der Waals surface area contributed by atoms with E-state index in [-0.39, 0.29) is 15.4 Å². The van der Waals surface area contributed by atoms with Gasteiger partial charge in [0.15, 0.2) is 0 Å². The molecule has 2 rings (SSSR count). The van der Waals surface area contributed by atoms with Crippen molar-refractivity contribution in [2.75, 3.05) is 20.2 Å². The van der Waals surface area contributed by atoms with Crippen LogP contribution in [0.15, 0.2) is 24.3 Å². The fraction of sp³-hybridized carbons (Fsp3) is 0.250. The zero-order chi connectivity index (χ0) is 14.5. The minimum Gasteiger partial charge on any atom is -0.492 e. The second kappa shape index (κ2) is 6.88. The van der Waals surface area contributed by atoms with Gasteiger partial charge in [-0.05, 0) is 29.8 Å². The Labute approximate surface area is 130 Å². The summed E-state index contributed by atoms with van der Waals surface area (Å²) in [6.45, 7) is 0.775. The highest BCUT2D eigenvalue weighted by Crippen LogP contribution is 2.18. The van der Waals surface area contributed by atoms with Gasteiger partial charge in [0, 0.05) is 12.1 Å². The Morgan fingerprint density at radius 2 is 2.20 bits per heavy atom. The van der Waals surface area contributed by atoms with E-state index in [2.05, 4.69) is 10.2 Å². The Morgan fingerprint density at radius 1 is 1.40 bits per heavy atom. The number of hydrogen-bond acceptors (Lipinski definition) is 5. The molecule has 0 N–H and O–H groups in total. The zero-order valence-electron chi connectivity index (χ0n) is 10.5. The number of amides is 1. The maximum atomic E-state index is 12.0. The van der Waals surface area contributed by atoms with Crippen molar-refractivity contribution in [3.63, 3.8) is 0 Å². The van der Waals surface area contributed by atoms with Crippen LogP contribution in [0.4, 0.5) is 0 Å². The van der Waals surface area contributed by atoms with E-state index in [0.29, 0.717) is 23.9 Å². The molecule has 2 aromatic rings. The number of ether oxygens (including phenoxy) is 1. The van der Waals surface area contributed by atoms with Crippen LogP contribution in [0.25, 0.3) is 0 Å². The van der Waals surface area contributed by atoms with Gasteiger partial charge in [-0.15, -0.1) is 10.2 Å². The van der Waals surface area contributed by atoms with Gasteiger partial charge in [0.05, 0.1) is 6.54 Å². The Bertz CT molecular complexity index is 606. The summed E-state index contributed by atoms with van der Waals surface area (Å²) in [7, 11) is 1.67. The average Bonchev–Trinajstić information content (AvgIpc) is 2.84. The van der Waals surface area contributed by atoms with Gasteiger partial charge in [0.25, 0.3) is 5.91 Å². The molecule has 0 saturated carbocycles. The molecule has 0 aliphatic carbocycles. The standard InChI is InChI=1S/C12H11Cl2N3O2S/c1-17(11(18)10-15-16-12(14)20-10)5-6-19-9-4-2-3-8(13)7-9/h2-4,7H,5-6H2,1H3. The molecule has 1 aromatic heterocycles. The molecular formula is C12H11Cl2N3O2S. The summed E-state index contributed by atoms with van der Waals surface area (Å²) >= 11 is 12.5. The number of carbonyl (C=O) groups excluding carboxylic acids is 1. The number of aromatic nitrogens is 2. The zero-order valence-corrected chi connectivity index (χ0v) is 12.9. The van der Waals surface area contributed by atoms with Crippen LogP contribution in [0.1, 0.15) is 9.80 Å². The molecular weight excluding hydrogens is 321 g/mol. The Kier molecular flexibility index (Phi) is 5.17. The molecule has 0 aliphatic heterocycles. The van der Waals surface area contributed by atoms with Gasteiger partial charge < -0.3 is 9.64 Å².